The Morgan fingerprint density at radius 3 is 2.40 bits per heavy atom. The van der Waals surface area contributed by atoms with Gasteiger partial charge in [-0.05, 0) is 61.2 Å². The highest BCUT2D eigenvalue weighted by Crippen LogP contribution is 2.57. The number of halogens is 3. The van der Waals surface area contributed by atoms with Crippen LogP contribution in [0.1, 0.15) is 70.3 Å². The molecule has 3 heterocycles. The van der Waals surface area contributed by atoms with Gasteiger partial charge in [-0.25, -0.2) is 9.78 Å². The number of aromatic hydroxyl groups is 1. The molecule has 1 saturated heterocycles. The van der Waals surface area contributed by atoms with Crippen molar-refractivity contribution in [3.05, 3.63) is 53.3 Å². The number of nitrogens with zero attached hydrogens (tertiary/aromatic N) is 4. The highest BCUT2D eigenvalue weighted by Gasteiger charge is 2.52. The molecule has 5 rings (SSSR count). The molecular weight excluding hydrogens is 565 g/mol. The van der Waals surface area contributed by atoms with Crippen molar-refractivity contribution in [2.45, 2.75) is 65.0 Å². The molecular formula is C30H37F3N6O2S. The van der Waals surface area contributed by atoms with Crippen LogP contribution in [-0.2, 0) is 11.6 Å². The second kappa shape index (κ2) is 11.0. The number of fused-ring (bicyclic) bond motifs is 2. The molecule has 2 amide bonds. The van der Waals surface area contributed by atoms with Crippen molar-refractivity contribution < 1.29 is 23.1 Å². The van der Waals surface area contributed by atoms with Crippen molar-refractivity contribution in [2.75, 3.05) is 41.7 Å². The van der Waals surface area contributed by atoms with E-state index in [1.54, 1.807) is 29.2 Å². The lowest BCUT2D eigenvalue weighted by Crippen LogP contribution is -2.47. The van der Waals surface area contributed by atoms with Gasteiger partial charge in [-0.1, -0.05) is 46.8 Å². The number of carbonyl (C=O) groups excluding carboxylic acids is 1. The van der Waals surface area contributed by atoms with Crippen LogP contribution in [0.15, 0.2) is 36.4 Å². The molecule has 42 heavy (non-hydrogen) atoms. The van der Waals surface area contributed by atoms with Gasteiger partial charge in [0.05, 0.1) is 22.6 Å². The standard InChI is InChI=1S/C30H37F3N6O2S/c1-18(2)25-35-27(42-37-25)36-26(41)34-20-8-6-7-9-21(20)39-17-29(12-14-38(15-13-29)16-28(3,4)5)23-19(30(31,32)33)10-11-22(40)24(23)39/h6-11,18,40H,12-17H2,1-5H3,(H2,34,35,36,37,41). The summed E-state index contributed by atoms with van der Waals surface area (Å²) in [6.45, 7) is 12.8. The van der Waals surface area contributed by atoms with Crippen LogP contribution in [-0.4, -0.2) is 51.6 Å². The molecule has 2 aliphatic rings. The van der Waals surface area contributed by atoms with Gasteiger partial charge in [-0.3, -0.25) is 5.32 Å². The van der Waals surface area contributed by atoms with Gasteiger partial charge >= 0.3 is 12.2 Å². The van der Waals surface area contributed by atoms with E-state index < -0.39 is 23.2 Å². The molecule has 0 radical (unpaired) electrons. The van der Waals surface area contributed by atoms with Gasteiger partial charge < -0.3 is 20.2 Å². The minimum Gasteiger partial charge on any atom is -0.506 e. The Hall–Kier alpha value is -3.38. The summed E-state index contributed by atoms with van der Waals surface area (Å²) in [6, 6.07) is 8.50. The van der Waals surface area contributed by atoms with Crippen LogP contribution >= 0.6 is 11.5 Å². The van der Waals surface area contributed by atoms with Gasteiger partial charge in [-0.2, -0.15) is 17.5 Å². The first-order valence-electron chi connectivity index (χ1n) is 14.1. The molecule has 0 unspecified atom stereocenters. The zero-order chi connectivity index (χ0) is 30.4. The summed E-state index contributed by atoms with van der Waals surface area (Å²) < 4.78 is 47.6. The number of para-hydroxylation sites is 2. The number of anilines is 4. The first-order valence-corrected chi connectivity index (χ1v) is 14.9. The molecule has 0 bridgehead atoms. The van der Waals surface area contributed by atoms with E-state index in [0.29, 0.717) is 48.3 Å². The van der Waals surface area contributed by atoms with E-state index in [0.717, 1.165) is 30.2 Å². The van der Waals surface area contributed by atoms with Crippen molar-refractivity contribution in [1.82, 2.24) is 14.3 Å². The van der Waals surface area contributed by atoms with Gasteiger partial charge in [0.25, 0.3) is 0 Å². The van der Waals surface area contributed by atoms with E-state index in [9.17, 15) is 23.1 Å². The molecule has 0 saturated carbocycles. The summed E-state index contributed by atoms with van der Waals surface area (Å²) in [4.78, 5) is 21.3. The number of aromatic nitrogens is 2. The highest BCUT2D eigenvalue weighted by atomic mass is 32.1. The van der Waals surface area contributed by atoms with E-state index >= 15 is 0 Å². The maximum Gasteiger partial charge on any atom is 0.416 e. The summed E-state index contributed by atoms with van der Waals surface area (Å²) in [5.74, 6) is 0.512. The predicted molar refractivity (Wildman–Crippen MR) is 160 cm³/mol. The summed E-state index contributed by atoms with van der Waals surface area (Å²) in [6.07, 6.45) is -3.55. The Bertz CT molecular complexity index is 1460. The number of rotatable bonds is 5. The fourth-order valence-corrected chi connectivity index (χ4v) is 6.80. The molecule has 0 aliphatic carbocycles. The minimum atomic E-state index is -4.59. The number of alkyl halides is 3. The number of hydrogen-bond acceptors (Lipinski definition) is 7. The smallest absolute Gasteiger partial charge is 0.416 e. The van der Waals surface area contributed by atoms with Crippen LogP contribution in [0.3, 0.4) is 0 Å². The zero-order valence-electron chi connectivity index (χ0n) is 24.5. The number of hydrogen-bond donors (Lipinski definition) is 3. The van der Waals surface area contributed by atoms with Crippen LogP contribution in [0.4, 0.5) is 40.2 Å². The lowest BCUT2D eigenvalue weighted by molar-refractivity contribution is -0.138. The maximum atomic E-state index is 14.5. The Morgan fingerprint density at radius 1 is 1.10 bits per heavy atom. The quantitative estimate of drug-likeness (QED) is 0.279. The van der Waals surface area contributed by atoms with Crippen LogP contribution < -0.4 is 15.5 Å². The van der Waals surface area contributed by atoms with Crippen molar-refractivity contribution in [3.63, 3.8) is 0 Å². The first-order chi connectivity index (χ1) is 19.7. The SMILES string of the molecule is CC(C)c1nsc(NC(=O)Nc2ccccc2N2CC3(CCN(CC(C)(C)C)CC3)c3c(C(F)(F)F)ccc(O)c32)n1. The Labute approximate surface area is 248 Å². The number of phenolic OH excluding ortho intramolecular Hbond substituents is 1. The maximum absolute atomic E-state index is 14.5. The van der Waals surface area contributed by atoms with Crippen LogP contribution in [0.25, 0.3) is 0 Å². The molecule has 8 nitrogen and oxygen atoms in total. The van der Waals surface area contributed by atoms with Gasteiger partial charge in [0, 0.05) is 36.0 Å². The zero-order valence-corrected chi connectivity index (χ0v) is 25.3. The summed E-state index contributed by atoms with van der Waals surface area (Å²) in [5, 5.41) is 16.9. The Morgan fingerprint density at radius 2 is 1.79 bits per heavy atom. The normalized spacial score (nSPS) is 17.1. The van der Waals surface area contributed by atoms with Crippen molar-refractivity contribution >= 4 is 39.8 Å². The van der Waals surface area contributed by atoms with E-state index in [1.807, 2.05) is 13.8 Å². The average Bonchev–Trinajstić information content (AvgIpc) is 3.48. The molecule has 1 fully saturated rings. The van der Waals surface area contributed by atoms with E-state index in [1.165, 1.54) is 0 Å². The number of nitrogens with one attached hydrogen (secondary N) is 2. The number of benzene rings is 2. The van der Waals surface area contributed by atoms with Gasteiger partial charge in [0.2, 0.25) is 5.13 Å². The lowest BCUT2D eigenvalue weighted by atomic mass is 9.72. The average molecular weight is 603 g/mol. The van der Waals surface area contributed by atoms with Crippen molar-refractivity contribution in [1.29, 1.82) is 0 Å². The summed E-state index contributed by atoms with van der Waals surface area (Å²) >= 11 is 1.07. The van der Waals surface area contributed by atoms with Crippen LogP contribution in [0.2, 0.25) is 0 Å². The lowest BCUT2D eigenvalue weighted by Gasteiger charge is -2.42. The fraction of sp³-hybridized carbons (Fsp3) is 0.500. The number of urea groups is 1. The third-order valence-corrected chi connectivity index (χ3v) is 8.50. The minimum absolute atomic E-state index is 0.0652. The predicted octanol–water partition coefficient (Wildman–Crippen LogP) is 7.56. The summed E-state index contributed by atoms with van der Waals surface area (Å²) in [5.41, 5.74) is -0.291. The molecule has 1 spiro atoms. The first kappa shape index (κ1) is 30.1. The van der Waals surface area contributed by atoms with Crippen molar-refractivity contribution in [3.8, 4) is 5.75 Å². The second-order valence-corrected chi connectivity index (χ2v) is 13.5. The van der Waals surface area contributed by atoms with E-state index in [2.05, 4.69) is 45.7 Å². The van der Waals surface area contributed by atoms with Gasteiger partial charge in [0.1, 0.15) is 11.6 Å². The number of carbonyl (C=O) groups is 1. The molecule has 1 aromatic heterocycles. The molecule has 0 atom stereocenters. The molecule has 3 N–H and O–H groups in total. The number of amides is 2. The summed E-state index contributed by atoms with van der Waals surface area (Å²) in [7, 11) is 0. The number of piperidine rings is 1. The third kappa shape index (κ3) is 6.05. The van der Waals surface area contributed by atoms with Crippen molar-refractivity contribution in [2.24, 2.45) is 5.41 Å². The topological polar surface area (TPSA) is 93.6 Å². The van der Waals surface area contributed by atoms with Gasteiger partial charge in [-0.15, -0.1) is 0 Å². The molecule has 12 heteroatoms. The van der Waals surface area contributed by atoms with Crippen LogP contribution in [0, 0.1) is 5.41 Å². The Kier molecular flexibility index (Phi) is 7.90. The molecule has 2 aromatic carbocycles. The molecule has 3 aromatic rings. The third-order valence-electron chi connectivity index (χ3n) is 7.86. The van der Waals surface area contributed by atoms with Crippen LogP contribution in [0.5, 0.6) is 5.75 Å². The molecule has 2 aliphatic heterocycles. The molecule has 226 valence electrons. The number of phenols is 1. The monoisotopic (exact) mass is 602 g/mol. The largest absolute Gasteiger partial charge is 0.506 e. The highest BCUT2D eigenvalue weighted by molar-refractivity contribution is 7.09. The van der Waals surface area contributed by atoms with E-state index in [-0.39, 0.29) is 34.9 Å². The second-order valence-electron chi connectivity index (χ2n) is 12.8. The van der Waals surface area contributed by atoms with E-state index in [4.69, 9.17) is 0 Å². The van der Waals surface area contributed by atoms with Gasteiger partial charge in [0.15, 0.2) is 0 Å². The fourth-order valence-electron chi connectivity index (χ4n) is 6.10. The number of likely N-dealkylation sites (tertiary alicyclic amines) is 1. The Balaban J connectivity index is 1.50.